The van der Waals surface area contributed by atoms with Gasteiger partial charge in [-0.3, -0.25) is 0 Å². The first-order valence-electron chi connectivity index (χ1n) is 34.0. The zero-order valence-electron chi connectivity index (χ0n) is 58.3. The third-order valence-corrected chi connectivity index (χ3v) is 25.4. The molecule has 0 atom stereocenters. The van der Waals surface area contributed by atoms with Crippen LogP contribution in [0.25, 0.3) is 68.6 Å². The van der Waals surface area contributed by atoms with E-state index in [0.717, 1.165) is 103 Å². The normalized spacial score (nSPS) is 13.1. The van der Waals surface area contributed by atoms with Crippen LogP contribution in [0.4, 0.5) is 17.1 Å². The highest BCUT2D eigenvalue weighted by molar-refractivity contribution is 6.90. The van der Waals surface area contributed by atoms with E-state index in [-0.39, 0.29) is 21.7 Å². The number of aryl methyl sites for hydroxylation is 2. The van der Waals surface area contributed by atoms with Crippen LogP contribution in [0.2, 0.25) is 16.6 Å². The van der Waals surface area contributed by atoms with E-state index in [1.165, 1.54) is 84.7 Å². The van der Waals surface area contributed by atoms with Gasteiger partial charge in [0.2, 0.25) is 0 Å². The molecule has 4 aromatic carbocycles. The summed E-state index contributed by atoms with van der Waals surface area (Å²) in [6, 6.07) is 42.4. The summed E-state index contributed by atoms with van der Waals surface area (Å²) in [5, 5.41) is 0. The number of anilines is 3. The zero-order chi connectivity index (χ0) is 64.4. The number of rotatable bonds is 18. The van der Waals surface area contributed by atoms with Gasteiger partial charge in [-0.1, -0.05) is 244 Å². The standard InChI is InChI=1S/C83H107N5Si/c1-21-23-25-27-29-58-31-35-66(36-32-58)88(67-37-33-59(34-38-67)30-28-26-24-22-2)79-75-45-43-73(86-75)77(60-49-62(80(9,10)11)53-63(50-60)81(12,13)14)71-41-39-69(84-71)68(47-48-89(55(3)4,56(5)6)57(7)8)70-40-42-72(85-70)78(74-44-46-76(79)87-74)61-51-64(82(15,16)17)54-65(52-61)83(18,19)20/h31-46,49-57,84,87H,21-30H2,1-20H3. The number of hydrogen-bond donors (Lipinski definition) is 2. The molecule has 2 N–H and O–H groups in total. The molecule has 0 saturated heterocycles. The van der Waals surface area contributed by atoms with Gasteiger partial charge in [0.15, 0.2) is 0 Å². The topological polar surface area (TPSA) is 60.6 Å². The Morgan fingerprint density at radius 1 is 0.416 bits per heavy atom. The number of aromatic amines is 2. The van der Waals surface area contributed by atoms with E-state index in [4.69, 9.17) is 9.97 Å². The van der Waals surface area contributed by atoms with Crippen molar-refractivity contribution in [1.82, 2.24) is 19.9 Å². The third-order valence-electron chi connectivity index (χ3n) is 19.2. The summed E-state index contributed by atoms with van der Waals surface area (Å²) in [6.45, 7) is 46.9. The van der Waals surface area contributed by atoms with Crippen molar-refractivity contribution in [3.8, 4) is 33.7 Å². The molecule has 0 saturated carbocycles. The lowest BCUT2D eigenvalue weighted by Gasteiger charge is -2.38. The maximum Gasteiger partial charge on any atom is 0.146 e. The summed E-state index contributed by atoms with van der Waals surface area (Å²) < 4.78 is 0. The lowest BCUT2D eigenvalue weighted by Crippen LogP contribution is -2.43. The fourth-order valence-electron chi connectivity index (χ4n) is 13.6. The fourth-order valence-corrected chi connectivity index (χ4v) is 18.8. The molecule has 0 fully saturated rings. The summed E-state index contributed by atoms with van der Waals surface area (Å²) in [4.78, 5) is 22.5. The summed E-state index contributed by atoms with van der Waals surface area (Å²) in [5.41, 5.74) is 28.8. The first-order valence-corrected chi connectivity index (χ1v) is 36.2. The third kappa shape index (κ3) is 14.8. The highest BCUT2D eigenvalue weighted by Crippen LogP contribution is 2.46. The average Bonchev–Trinajstić information content (AvgIpc) is 1.95. The molecule has 0 aliphatic carbocycles. The highest BCUT2D eigenvalue weighted by Gasteiger charge is 2.42. The molecular weight excluding hydrogens is 1100 g/mol. The Labute approximate surface area is 538 Å². The molecule has 0 amide bonds. The number of aromatic nitrogens is 4. The van der Waals surface area contributed by atoms with Gasteiger partial charge in [-0.05, 0) is 181 Å². The first kappa shape index (κ1) is 66.5. The van der Waals surface area contributed by atoms with Crippen LogP contribution < -0.4 is 4.90 Å². The van der Waals surface area contributed by atoms with Gasteiger partial charge in [-0.2, -0.15) is 0 Å². The Hall–Kier alpha value is -6.94. The summed E-state index contributed by atoms with van der Waals surface area (Å²) in [5.74, 6) is 4.00. The van der Waals surface area contributed by atoms with Crippen LogP contribution in [-0.2, 0) is 34.5 Å². The molecule has 5 heterocycles. The van der Waals surface area contributed by atoms with Crippen molar-refractivity contribution in [2.75, 3.05) is 4.90 Å². The van der Waals surface area contributed by atoms with Crippen molar-refractivity contribution >= 4 is 71.5 Å². The molecule has 2 aliphatic rings. The van der Waals surface area contributed by atoms with Gasteiger partial charge in [-0.15, -0.1) is 5.54 Å². The zero-order valence-corrected chi connectivity index (χ0v) is 59.3. The van der Waals surface area contributed by atoms with E-state index in [1.54, 1.807) is 0 Å². The second kappa shape index (κ2) is 26.9. The molecule has 0 radical (unpaired) electrons. The largest absolute Gasteiger partial charge is 0.354 e. The van der Waals surface area contributed by atoms with Gasteiger partial charge >= 0.3 is 0 Å². The van der Waals surface area contributed by atoms with E-state index in [2.05, 4.69) is 298 Å². The minimum atomic E-state index is -2.22. The van der Waals surface area contributed by atoms with Gasteiger partial charge in [-0.25, -0.2) is 9.97 Å². The maximum atomic E-state index is 5.96. The van der Waals surface area contributed by atoms with Gasteiger partial charge in [0.1, 0.15) is 8.07 Å². The Morgan fingerprint density at radius 2 is 0.775 bits per heavy atom. The van der Waals surface area contributed by atoms with Crippen LogP contribution in [0.15, 0.2) is 109 Å². The maximum absolute atomic E-state index is 5.96. The van der Waals surface area contributed by atoms with E-state index < -0.39 is 8.07 Å². The van der Waals surface area contributed by atoms with E-state index >= 15 is 0 Å². The van der Waals surface area contributed by atoms with Crippen molar-refractivity contribution in [3.05, 3.63) is 171 Å². The molecular formula is C83H107N5Si. The molecule has 3 aromatic heterocycles. The molecule has 6 heteroatoms. The predicted octanol–water partition coefficient (Wildman–Crippen LogP) is 24.5. The second-order valence-electron chi connectivity index (χ2n) is 31.0. The summed E-state index contributed by atoms with van der Waals surface area (Å²) in [6.07, 6.45) is 21.0. The minimum absolute atomic E-state index is 0.112. The molecule has 8 bridgehead atoms. The lowest BCUT2D eigenvalue weighted by molar-refractivity contribution is 0.568. The van der Waals surface area contributed by atoms with Crippen molar-refractivity contribution in [1.29, 1.82) is 0 Å². The van der Waals surface area contributed by atoms with E-state index in [9.17, 15) is 0 Å². The number of fused-ring (bicyclic) bond motifs is 8. The Balaban J connectivity index is 1.49. The average molecular weight is 1200 g/mol. The van der Waals surface area contributed by atoms with Crippen LogP contribution in [0.3, 0.4) is 0 Å². The molecule has 89 heavy (non-hydrogen) atoms. The van der Waals surface area contributed by atoms with E-state index in [0.29, 0.717) is 16.6 Å². The van der Waals surface area contributed by atoms with Crippen LogP contribution in [-0.4, -0.2) is 28.0 Å². The number of nitrogens with zero attached hydrogens (tertiary/aromatic N) is 3. The second-order valence-corrected chi connectivity index (χ2v) is 36.6. The summed E-state index contributed by atoms with van der Waals surface area (Å²) in [7, 11) is -2.22. The monoisotopic (exact) mass is 1200 g/mol. The highest BCUT2D eigenvalue weighted by atomic mass is 28.3. The van der Waals surface area contributed by atoms with Gasteiger partial charge in [0, 0.05) is 33.5 Å². The molecule has 2 aliphatic heterocycles. The van der Waals surface area contributed by atoms with Crippen molar-refractivity contribution in [2.24, 2.45) is 0 Å². The SMILES string of the molecule is CCCCCCc1ccc(N(c2ccc(CCCCCC)cc2)c2c3nc(c(-c4cc(C(C)(C)C)cc(C(C)(C)C)c4)c4ccc([nH]4)c(C#C[Si](C(C)C)(C(C)C)C(C)C)c4nc(c(-c5cc(C(C)(C)C)cc(C(C)(C)C)c5)c5ccc2[nH]5)C=C4)C=C3)cc1. The van der Waals surface area contributed by atoms with Crippen LogP contribution in [0.5, 0.6) is 0 Å². The van der Waals surface area contributed by atoms with Crippen molar-refractivity contribution in [3.63, 3.8) is 0 Å². The lowest BCUT2D eigenvalue weighted by atomic mass is 9.78. The van der Waals surface area contributed by atoms with Crippen molar-refractivity contribution < 1.29 is 0 Å². The summed E-state index contributed by atoms with van der Waals surface area (Å²) >= 11 is 0. The number of benzene rings is 4. The molecule has 0 spiro atoms. The molecule has 7 aromatic rings. The first-order chi connectivity index (χ1) is 42.0. The number of nitrogens with one attached hydrogen (secondary N) is 2. The van der Waals surface area contributed by atoms with Crippen molar-refractivity contribution in [2.45, 2.75) is 241 Å². The van der Waals surface area contributed by atoms with Gasteiger partial charge < -0.3 is 14.9 Å². The van der Waals surface area contributed by atoms with Crippen LogP contribution >= 0.6 is 0 Å². The fraction of sp³-hybridized carbons (Fsp3) is 0.446. The van der Waals surface area contributed by atoms with E-state index in [1.807, 2.05) is 0 Å². The molecule has 468 valence electrons. The predicted molar refractivity (Wildman–Crippen MR) is 393 cm³/mol. The Morgan fingerprint density at radius 3 is 1.17 bits per heavy atom. The smallest absolute Gasteiger partial charge is 0.146 e. The number of unbranched alkanes of at least 4 members (excludes halogenated alkanes) is 6. The number of H-pyrrole nitrogens is 2. The van der Waals surface area contributed by atoms with Crippen LogP contribution in [0, 0.1) is 11.5 Å². The Bertz CT molecular complexity index is 3730. The minimum Gasteiger partial charge on any atom is -0.354 e. The quantitative estimate of drug-likeness (QED) is 0.0511. The van der Waals surface area contributed by atoms with Crippen LogP contribution in [0.1, 0.15) is 252 Å². The van der Waals surface area contributed by atoms with Gasteiger partial charge in [0.25, 0.3) is 0 Å². The number of hydrogen-bond acceptors (Lipinski definition) is 3. The molecule has 0 unspecified atom stereocenters. The molecule has 9 rings (SSSR count). The van der Waals surface area contributed by atoms with Gasteiger partial charge in [0.05, 0.1) is 45.1 Å². The Kier molecular flexibility index (Phi) is 20.1. The molecule has 5 nitrogen and oxygen atoms in total.